The number of hydrogen-bond acceptors (Lipinski definition) is 2. The van der Waals surface area contributed by atoms with E-state index in [1.807, 2.05) is 62.4 Å². The SMILES string of the molecule is Cc1ccc(C=NC(N=Cc2ccc(C)cc2)=NN=C(N)N)cc1. The number of guanidine groups is 2. The van der Waals surface area contributed by atoms with Crippen LogP contribution in [0, 0.1) is 13.8 Å². The molecule has 0 atom stereocenters. The van der Waals surface area contributed by atoms with Crippen molar-refractivity contribution in [3.05, 3.63) is 70.8 Å². The molecule has 2 rings (SSSR count). The van der Waals surface area contributed by atoms with Crippen molar-refractivity contribution in [3.63, 3.8) is 0 Å². The van der Waals surface area contributed by atoms with Crippen molar-refractivity contribution in [3.8, 4) is 0 Å². The second-order valence-electron chi connectivity index (χ2n) is 5.26. The van der Waals surface area contributed by atoms with Crippen LogP contribution in [-0.4, -0.2) is 24.3 Å². The lowest BCUT2D eigenvalue weighted by Gasteiger charge is -1.96. The minimum absolute atomic E-state index is 0.149. The normalized spacial score (nSPS) is 10.9. The summed E-state index contributed by atoms with van der Waals surface area (Å²) in [6.45, 7) is 4.05. The van der Waals surface area contributed by atoms with Crippen LogP contribution in [0.15, 0.2) is 68.7 Å². The van der Waals surface area contributed by atoms with Crippen LogP contribution >= 0.6 is 0 Å². The van der Waals surface area contributed by atoms with Crippen LogP contribution in [0.5, 0.6) is 0 Å². The molecule has 6 nitrogen and oxygen atoms in total. The molecule has 0 saturated heterocycles. The Balaban J connectivity index is 2.21. The Labute approximate surface area is 141 Å². The molecule has 24 heavy (non-hydrogen) atoms. The van der Waals surface area contributed by atoms with Crippen molar-refractivity contribution in [2.24, 2.45) is 31.7 Å². The molecule has 2 aromatic rings. The Morgan fingerprint density at radius 3 is 1.50 bits per heavy atom. The van der Waals surface area contributed by atoms with E-state index in [-0.39, 0.29) is 11.9 Å². The van der Waals surface area contributed by atoms with Crippen molar-refractivity contribution < 1.29 is 0 Å². The van der Waals surface area contributed by atoms with E-state index in [2.05, 4.69) is 20.2 Å². The van der Waals surface area contributed by atoms with Gasteiger partial charge in [-0.05, 0) is 25.0 Å². The third-order valence-electron chi connectivity index (χ3n) is 3.07. The van der Waals surface area contributed by atoms with E-state index in [1.165, 1.54) is 11.1 Å². The lowest BCUT2D eigenvalue weighted by atomic mass is 10.2. The van der Waals surface area contributed by atoms with Crippen LogP contribution in [0.1, 0.15) is 22.3 Å². The predicted octanol–water partition coefficient (Wildman–Crippen LogP) is 2.39. The van der Waals surface area contributed by atoms with Gasteiger partial charge in [0.25, 0.3) is 5.96 Å². The highest BCUT2D eigenvalue weighted by Gasteiger charge is 1.94. The van der Waals surface area contributed by atoms with Crippen LogP contribution in [-0.2, 0) is 0 Å². The molecule has 0 spiro atoms. The molecular formula is C18H20N6. The van der Waals surface area contributed by atoms with Gasteiger partial charge in [-0.15, -0.1) is 10.2 Å². The fraction of sp³-hybridized carbons (Fsp3) is 0.111. The van der Waals surface area contributed by atoms with E-state index < -0.39 is 0 Å². The zero-order valence-electron chi connectivity index (χ0n) is 13.7. The minimum atomic E-state index is -0.149. The summed E-state index contributed by atoms with van der Waals surface area (Å²) in [4.78, 5) is 8.47. The zero-order valence-corrected chi connectivity index (χ0v) is 13.7. The molecule has 0 amide bonds. The van der Waals surface area contributed by atoms with Gasteiger partial charge in [-0.1, -0.05) is 59.7 Å². The van der Waals surface area contributed by atoms with Gasteiger partial charge < -0.3 is 11.5 Å². The zero-order chi connectivity index (χ0) is 17.4. The maximum atomic E-state index is 5.31. The second kappa shape index (κ2) is 8.38. The number of aliphatic imine (C=N–C) groups is 2. The van der Waals surface area contributed by atoms with Crippen molar-refractivity contribution in [1.29, 1.82) is 0 Å². The lowest BCUT2D eigenvalue weighted by Crippen LogP contribution is -2.22. The Morgan fingerprint density at radius 1 is 0.708 bits per heavy atom. The van der Waals surface area contributed by atoms with Gasteiger partial charge in [-0.3, -0.25) is 0 Å². The van der Waals surface area contributed by atoms with Gasteiger partial charge in [0.15, 0.2) is 0 Å². The molecule has 4 N–H and O–H groups in total. The monoisotopic (exact) mass is 320 g/mol. The first-order valence-electron chi connectivity index (χ1n) is 7.41. The third kappa shape index (κ3) is 5.84. The van der Waals surface area contributed by atoms with Crippen LogP contribution in [0.2, 0.25) is 0 Å². The number of nitrogens with two attached hydrogens (primary N) is 2. The molecule has 6 heteroatoms. The van der Waals surface area contributed by atoms with Gasteiger partial charge in [0, 0.05) is 12.4 Å². The lowest BCUT2D eigenvalue weighted by molar-refractivity contribution is 1.18. The number of nitrogens with zero attached hydrogens (tertiary/aromatic N) is 4. The highest BCUT2D eigenvalue weighted by Crippen LogP contribution is 2.02. The van der Waals surface area contributed by atoms with Gasteiger partial charge in [0.05, 0.1) is 0 Å². The quantitative estimate of drug-likeness (QED) is 0.515. The Bertz CT molecular complexity index is 722. The van der Waals surface area contributed by atoms with Crippen LogP contribution in [0.3, 0.4) is 0 Å². The predicted molar refractivity (Wildman–Crippen MR) is 101 cm³/mol. The summed E-state index contributed by atoms with van der Waals surface area (Å²) in [7, 11) is 0. The molecule has 2 aromatic carbocycles. The molecule has 0 aromatic heterocycles. The summed E-state index contributed by atoms with van der Waals surface area (Å²) in [6.07, 6.45) is 3.32. The molecule has 0 heterocycles. The summed E-state index contributed by atoms with van der Waals surface area (Å²) >= 11 is 0. The second-order valence-corrected chi connectivity index (χ2v) is 5.26. The maximum Gasteiger partial charge on any atom is 0.268 e. The van der Waals surface area contributed by atoms with Gasteiger partial charge in [-0.2, -0.15) is 0 Å². The van der Waals surface area contributed by atoms with E-state index in [0.29, 0.717) is 0 Å². The largest absolute Gasteiger partial charge is 0.369 e. The molecule has 0 aliphatic carbocycles. The number of benzene rings is 2. The number of aryl methyl sites for hydroxylation is 2. The first kappa shape index (κ1) is 17.1. The summed E-state index contributed by atoms with van der Waals surface area (Å²) in [6, 6.07) is 15.9. The maximum absolute atomic E-state index is 5.31. The molecule has 122 valence electrons. The molecule has 0 fully saturated rings. The highest BCUT2D eigenvalue weighted by molar-refractivity contribution is 5.99. The highest BCUT2D eigenvalue weighted by atomic mass is 15.3. The van der Waals surface area contributed by atoms with Crippen LogP contribution < -0.4 is 11.5 Å². The molecule has 0 bridgehead atoms. The van der Waals surface area contributed by atoms with Crippen LogP contribution in [0.25, 0.3) is 0 Å². The molecular weight excluding hydrogens is 300 g/mol. The van der Waals surface area contributed by atoms with E-state index in [1.54, 1.807) is 12.4 Å². The topological polar surface area (TPSA) is 101 Å². The molecule has 0 aliphatic heterocycles. The summed E-state index contributed by atoms with van der Waals surface area (Å²) in [5.74, 6) is 0.00752. The van der Waals surface area contributed by atoms with Crippen molar-refractivity contribution in [2.75, 3.05) is 0 Å². The van der Waals surface area contributed by atoms with E-state index in [9.17, 15) is 0 Å². The van der Waals surface area contributed by atoms with Gasteiger partial charge in [0.1, 0.15) is 0 Å². The van der Waals surface area contributed by atoms with Gasteiger partial charge in [0.2, 0.25) is 5.96 Å². The fourth-order valence-corrected chi connectivity index (χ4v) is 1.76. The molecule has 0 radical (unpaired) electrons. The van der Waals surface area contributed by atoms with Crippen molar-refractivity contribution >= 4 is 24.3 Å². The Morgan fingerprint density at radius 2 is 1.12 bits per heavy atom. The van der Waals surface area contributed by atoms with E-state index >= 15 is 0 Å². The molecule has 0 aliphatic rings. The first-order chi connectivity index (χ1) is 11.5. The van der Waals surface area contributed by atoms with E-state index in [4.69, 9.17) is 11.5 Å². The fourth-order valence-electron chi connectivity index (χ4n) is 1.76. The van der Waals surface area contributed by atoms with Crippen molar-refractivity contribution in [2.45, 2.75) is 13.8 Å². The summed E-state index contributed by atoms with van der Waals surface area (Å²) in [5, 5.41) is 7.46. The standard InChI is InChI=1S/C18H20N6/c1-13-3-7-15(8-4-13)11-21-18(24-23-17(19)20)22-12-16-9-5-14(2)6-10-16/h3-12H,1-2H3,(H4,19,20,23). The van der Waals surface area contributed by atoms with Gasteiger partial charge in [-0.25, -0.2) is 9.98 Å². The Hall–Kier alpha value is -3.28. The van der Waals surface area contributed by atoms with E-state index in [0.717, 1.165) is 11.1 Å². The Kier molecular flexibility index (Phi) is 5.96. The van der Waals surface area contributed by atoms with Crippen LogP contribution in [0.4, 0.5) is 0 Å². The smallest absolute Gasteiger partial charge is 0.268 e. The van der Waals surface area contributed by atoms with Gasteiger partial charge >= 0.3 is 0 Å². The number of hydrogen-bond donors (Lipinski definition) is 2. The average Bonchev–Trinajstić information content (AvgIpc) is 2.57. The van der Waals surface area contributed by atoms with Crippen molar-refractivity contribution in [1.82, 2.24) is 0 Å². The summed E-state index contributed by atoms with van der Waals surface area (Å²) < 4.78 is 0. The molecule has 0 saturated carbocycles. The third-order valence-corrected chi connectivity index (χ3v) is 3.07. The minimum Gasteiger partial charge on any atom is -0.369 e. The summed E-state index contributed by atoms with van der Waals surface area (Å²) in [5.41, 5.74) is 14.8. The average molecular weight is 320 g/mol. The molecule has 0 unspecified atom stereocenters. The number of rotatable bonds is 3. The first-order valence-corrected chi connectivity index (χ1v) is 7.41.